The Balaban J connectivity index is 2.79. The Labute approximate surface area is 80.6 Å². The molecule has 72 valence electrons. The van der Waals surface area contributed by atoms with Crippen LogP contribution in [-0.4, -0.2) is 9.97 Å². The molecule has 2 aromatic heterocycles. The Bertz CT molecular complexity index is 517. The smallest absolute Gasteiger partial charge is 0.346 e. The van der Waals surface area contributed by atoms with E-state index in [9.17, 15) is 4.79 Å². The minimum Gasteiger partial charge on any atom is -0.408 e. The van der Waals surface area contributed by atoms with Gasteiger partial charge in [-0.2, -0.15) is 0 Å². The van der Waals surface area contributed by atoms with Crippen LogP contribution in [0, 0.1) is 0 Å². The van der Waals surface area contributed by atoms with Crippen LogP contribution in [0.3, 0.4) is 0 Å². The normalized spacial score (nSPS) is 11.1. The number of hydrogen-bond donors (Lipinski definition) is 0. The van der Waals surface area contributed by atoms with E-state index in [1.807, 2.05) is 13.8 Å². The Kier molecular flexibility index (Phi) is 2.04. The van der Waals surface area contributed by atoms with Crippen LogP contribution in [0.4, 0.5) is 0 Å². The van der Waals surface area contributed by atoms with Crippen LogP contribution in [0.15, 0.2) is 27.7 Å². The molecule has 4 heteroatoms. The fourth-order valence-corrected chi connectivity index (χ4v) is 1.19. The largest absolute Gasteiger partial charge is 0.408 e. The molecule has 14 heavy (non-hydrogen) atoms. The predicted molar refractivity (Wildman–Crippen MR) is 52.2 cm³/mol. The van der Waals surface area contributed by atoms with Gasteiger partial charge >= 0.3 is 5.63 Å². The van der Waals surface area contributed by atoms with E-state index < -0.39 is 0 Å². The highest BCUT2D eigenvalue weighted by Gasteiger charge is 2.08. The van der Waals surface area contributed by atoms with Gasteiger partial charge in [0.2, 0.25) is 5.89 Å². The molecule has 0 saturated heterocycles. The first-order valence-electron chi connectivity index (χ1n) is 4.43. The lowest BCUT2D eigenvalue weighted by molar-refractivity contribution is 0.424. The first-order chi connectivity index (χ1) is 6.68. The molecule has 0 fully saturated rings. The quantitative estimate of drug-likeness (QED) is 0.686. The standard InChI is InChI=1S/C10H10N2O2/c1-6(2)9-12-8-5-11-4-3-7(8)10(13)14-9/h3-6H,1-2H3. The van der Waals surface area contributed by atoms with E-state index in [2.05, 4.69) is 9.97 Å². The zero-order chi connectivity index (χ0) is 10.1. The summed E-state index contributed by atoms with van der Waals surface area (Å²) < 4.78 is 5.06. The molecule has 0 N–H and O–H groups in total. The maximum absolute atomic E-state index is 11.5. The average Bonchev–Trinajstić information content (AvgIpc) is 2.17. The van der Waals surface area contributed by atoms with E-state index in [4.69, 9.17) is 4.42 Å². The van der Waals surface area contributed by atoms with Crippen molar-refractivity contribution in [3.8, 4) is 0 Å². The molecule has 2 rings (SSSR count). The summed E-state index contributed by atoms with van der Waals surface area (Å²) in [5, 5.41) is 0.476. The number of nitrogens with zero attached hydrogens (tertiary/aromatic N) is 2. The highest BCUT2D eigenvalue weighted by atomic mass is 16.4. The summed E-state index contributed by atoms with van der Waals surface area (Å²) in [6.45, 7) is 3.85. The van der Waals surface area contributed by atoms with Crippen molar-refractivity contribution in [2.24, 2.45) is 0 Å². The second kappa shape index (κ2) is 3.21. The Morgan fingerprint density at radius 3 is 2.93 bits per heavy atom. The molecule has 0 atom stereocenters. The van der Waals surface area contributed by atoms with Crippen LogP contribution in [0.5, 0.6) is 0 Å². The molecule has 0 saturated carbocycles. The molecule has 0 radical (unpaired) electrons. The van der Waals surface area contributed by atoms with Gasteiger partial charge < -0.3 is 4.42 Å². The van der Waals surface area contributed by atoms with Crippen LogP contribution in [-0.2, 0) is 0 Å². The van der Waals surface area contributed by atoms with E-state index in [0.717, 1.165) is 0 Å². The molecule has 0 unspecified atom stereocenters. The average molecular weight is 190 g/mol. The van der Waals surface area contributed by atoms with Crippen molar-refractivity contribution in [1.29, 1.82) is 0 Å². The van der Waals surface area contributed by atoms with Gasteiger partial charge in [-0.15, -0.1) is 0 Å². The summed E-state index contributed by atoms with van der Waals surface area (Å²) in [6, 6.07) is 1.61. The molecular formula is C10H10N2O2. The SMILES string of the molecule is CC(C)c1nc2cnccc2c(=O)o1. The molecule has 0 bridgehead atoms. The summed E-state index contributed by atoms with van der Waals surface area (Å²) >= 11 is 0. The van der Waals surface area contributed by atoms with Crippen molar-refractivity contribution >= 4 is 10.9 Å². The fourth-order valence-electron chi connectivity index (χ4n) is 1.19. The summed E-state index contributed by atoms with van der Waals surface area (Å²) in [5.74, 6) is 0.558. The molecule has 0 aliphatic heterocycles. The third kappa shape index (κ3) is 1.39. The molecule has 0 aliphatic carbocycles. The number of hydrogen-bond acceptors (Lipinski definition) is 4. The van der Waals surface area contributed by atoms with Crippen LogP contribution in [0.25, 0.3) is 10.9 Å². The van der Waals surface area contributed by atoms with Gasteiger partial charge in [0.1, 0.15) is 0 Å². The van der Waals surface area contributed by atoms with Gasteiger partial charge in [-0.3, -0.25) is 4.98 Å². The second-order valence-corrected chi connectivity index (χ2v) is 3.39. The lowest BCUT2D eigenvalue weighted by Gasteiger charge is -2.02. The van der Waals surface area contributed by atoms with Crippen molar-refractivity contribution < 1.29 is 4.42 Å². The first kappa shape index (κ1) is 8.87. The molecule has 0 aromatic carbocycles. The van der Waals surface area contributed by atoms with Crippen LogP contribution in [0.2, 0.25) is 0 Å². The van der Waals surface area contributed by atoms with E-state index >= 15 is 0 Å². The van der Waals surface area contributed by atoms with Crippen molar-refractivity contribution in [2.75, 3.05) is 0 Å². The van der Waals surface area contributed by atoms with Crippen molar-refractivity contribution in [2.45, 2.75) is 19.8 Å². The fraction of sp³-hybridized carbons (Fsp3) is 0.300. The van der Waals surface area contributed by atoms with E-state index in [1.54, 1.807) is 18.5 Å². The molecule has 2 heterocycles. The van der Waals surface area contributed by atoms with E-state index in [0.29, 0.717) is 16.8 Å². The molecule has 0 spiro atoms. The van der Waals surface area contributed by atoms with Gasteiger partial charge in [-0.05, 0) is 6.07 Å². The van der Waals surface area contributed by atoms with Gasteiger partial charge in [-0.25, -0.2) is 9.78 Å². The maximum atomic E-state index is 11.5. The zero-order valence-electron chi connectivity index (χ0n) is 8.02. The Hall–Kier alpha value is -1.71. The highest BCUT2D eigenvalue weighted by Crippen LogP contribution is 2.12. The summed E-state index contributed by atoms with van der Waals surface area (Å²) in [4.78, 5) is 19.6. The highest BCUT2D eigenvalue weighted by molar-refractivity contribution is 5.75. The number of pyridine rings is 1. The summed E-state index contributed by atoms with van der Waals surface area (Å²) in [7, 11) is 0. The van der Waals surface area contributed by atoms with Gasteiger partial charge in [0, 0.05) is 12.1 Å². The maximum Gasteiger partial charge on any atom is 0.346 e. The van der Waals surface area contributed by atoms with E-state index in [-0.39, 0.29) is 11.5 Å². The number of aromatic nitrogens is 2. The predicted octanol–water partition coefficient (Wildman–Crippen LogP) is 1.71. The van der Waals surface area contributed by atoms with Gasteiger partial charge in [0.15, 0.2) is 0 Å². The summed E-state index contributed by atoms with van der Waals surface area (Å²) in [5.41, 5.74) is 0.244. The summed E-state index contributed by atoms with van der Waals surface area (Å²) in [6.07, 6.45) is 3.12. The third-order valence-electron chi connectivity index (χ3n) is 1.94. The zero-order valence-corrected chi connectivity index (χ0v) is 8.02. The number of fused-ring (bicyclic) bond motifs is 1. The minimum atomic E-state index is -0.346. The molecule has 4 nitrogen and oxygen atoms in total. The van der Waals surface area contributed by atoms with Crippen LogP contribution in [0.1, 0.15) is 25.7 Å². The second-order valence-electron chi connectivity index (χ2n) is 3.39. The van der Waals surface area contributed by atoms with Crippen LogP contribution < -0.4 is 5.63 Å². The van der Waals surface area contributed by atoms with Gasteiger partial charge in [0.05, 0.1) is 17.1 Å². The Morgan fingerprint density at radius 1 is 1.43 bits per heavy atom. The molecule has 0 aliphatic rings. The molecular weight excluding hydrogens is 180 g/mol. The van der Waals surface area contributed by atoms with Gasteiger partial charge in [-0.1, -0.05) is 13.8 Å². The molecule has 0 amide bonds. The number of rotatable bonds is 1. The lowest BCUT2D eigenvalue weighted by atomic mass is 10.2. The van der Waals surface area contributed by atoms with Crippen LogP contribution >= 0.6 is 0 Å². The monoisotopic (exact) mass is 190 g/mol. The topological polar surface area (TPSA) is 56.0 Å². The third-order valence-corrected chi connectivity index (χ3v) is 1.94. The van der Waals surface area contributed by atoms with Crippen molar-refractivity contribution in [3.05, 3.63) is 34.8 Å². The first-order valence-corrected chi connectivity index (χ1v) is 4.43. The van der Waals surface area contributed by atoms with Crippen molar-refractivity contribution in [3.63, 3.8) is 0 Å². The molecule has 2 aromatic rings. The van der Waals surface area contributed by atoms with Crippen molar-refractivity contribution in [1.82, 2.24) is 9.97 Å². The van der Waals surface area contributed by atoms with E-state index in [1.165, 1.54) is 0 Å². The minimum absolute atomic E-state index is 0.104. The lowest BCUT2D eigenvalue weighted by Crippen LogP contribution is -2.06. The van der Waals surface area contributed by atoms with Gasteiger partial charge in [0.25, 0.3) is 0 Å². The Morgan fingerprint density at radius 2 is 2.21 bits per heavy atom.